The first-order valence-corrected chi connectivity index (χ1v) is 6.14. The molecule has 0 aromatic carbocycles. The van der Waals surface area contributed by atoms with Crippen LogP contribution in [-0.2, 0) is 4.79 Å². The van der Waals surface area contributed by atoms with Crippen molar-refractivity contribution in [2.45, 2.75) is 25.3 Å². The fraction of sp³-hybridized carbons (Fsp3) is 0.545. The third-order valence-electron chi connectivity index (χ3n) is 3.18. The predicted molar refractivity (Wildman–Crippen MR) is 68.9 cm³/mol. The van der Waals surface area contributed by atoms with Crippen molar-refractivity contribution in [1.29, 1.82) is 0 Å². The van der Waals surface area contributed by atoms with E-state index < -0.39 is 11.9 Å². The van der Waals surface area contributed by atoms with E-state index in [4.69, 9.17) is 5.84 Å². The number of nitrogen functional groups attached to an aromatic ring is 1. The van der Waals surface area contributed by atoms with Gasteiger partial charge in [-0.2, -0.15) is 4.98 Å². The van der Waals surface area contributed by atoms with Gasteiger partial charge in [0, 0.05) is 13.6 Å². The molecule has 0 saturated carbocycles. The van der Waals surface area contributed by atoms with Crippen molar-refractivity contribution in [3.63, 3.8) is 0 Å². The van der Waals surface area contributed by atoms with Crippen LogP contribution in [0.2, 0.25) is 0 Å². The highest BCUT2D eigenvalue weighted by molar-refractivity contribution is 5.85. The number of nitrogens with one attached hydrogen (secondary N) is 2. The first kappa shape index (κ1) is 13.5. The minimum atomic E-state index is -0.560. The van der Waals surface area contributed by atoms with E-state index in [1.165, 1.54) is 0 Å². The lowest BCUT2D eigenvalue weighted by Gasteiger charge is -2.35. The number of likely N-dealkylation sites (N-methyl/N-ethyl adjacent to an activating group) is 1. The average Bonchev–Trinajstić information content (AvgIpc) is 2.47. The number of carbonyl (C=O) groups is 1. The van der Waals surface area contributed by atoms with Crippen LogP contribution < -0.4 is 21.5 Å². The van der Waals surface area contributed by atoms with Gasteiger partial charge in [-0.25, -0.2) is 15.2 Å². The zero-order valence-corrected chi connectivity index (χ0v) is 10.7. The number of halogens is 1. The van der Waals surface area contributed by atoms with E-state index in [2.05, 4.69) is 20.7 Å². The van der Waals surface area contributed by atoms with Crippen molar-refractivity contribution in [1.82, 2.24) is 15.3 Å². The molecule has 0 radical (unpaired) electrons. The van der Waals surface area contributed by atoms with Crippen LogP contribution in [0.25, 0.3) is 0 Å². The number of piperidine rings is 1. The summed E-state index contributed by atoms with van der Waals surface area (Å²) < 4.78 is 13.9. The largest absolute Gasteiger partial charge is 0.357 e. The smallest absolute Gasteiger partial charge is 0.242 e. The maximum atomic E-state index is 13.9. The van der Waals surface area contributed by atoms with Crippen molar-refractivity contribution >= 4 is 17.7 Å². The van der Waals surface area contributed by atoms with Gasteiger partial charge in [0.2, 0.25) is 11.9 Å². The molecule has 104 valence electrons. The van der Waals surface area contributed by atoms with E-state index in [-0.39, 0.29) is 17.7 Å². The Balaban J connectivity index is 2.34. The molecular weight excluding hydrogens is 251 g/mol. The van der Waals surface area contributed by atoms with Gasteiger partial charge in [-0.15, -0.1) is 0 Å². The summed E-state index contributed by atoms with van der Waals surface area (Å²) in [5.41, 5.74) is 2.28. The van der Waals surface area contributed by atoms with Crippen LogP contribution in [0, 0.1) is 5.82 Å². The summed E-state index contributed by atoms with van der Waals surface area (Å²) in [6.07, 6.45) is 3.55. The lowest BCUT2D eigenvalue weighted by molar-refractivity contribution is -0.122. The monoisotopic (exact) mass is 268 g/mol. The van der Waals surface area contributed by atoms with E-state index >= 15 is 0 Å². The number of rotatable bonds is 3. The zero-order chi connectivity index (χ0) is 13.8. The molecule has 2 rings (SSSR count). The molecule has 8 heteroatoms. The van der Waals surface area contributed by atoms with Gasteiger partial charge in [0.15, 0.2) is 11.6 Å². The molecular formula is C11H17FN6O. The standard InChI is InChI=1S/C11H17FN6O/c1-14-10(19)8-4-2-3-5-18(8)9-7(12)6-15-11(16-9)17-13/h6,8H,2-5,13H2,1H3,(H,14,19)(H,15,16,17). The fourth-order valence-corrected chi connectivity index (χ4v) is 2.25. The van der Waals surface area contributed by atoms with Crippen LogP contribution >= 0.6 is 0 Å². The van der Waals surface area contributed by atoms with Gasteiger partial charge in [0.05, 0.1) is 6.20 Å². The Bertz CT molecular complexity index is 468. The number of nitrogens with two attached hydrogens (primary N) is 1. The highest BCUT2D eigenvalue weighted by Crippen LogP contribution is 2.26. The second-order valence-electron chi connectivity index (χ2n) is 4.33. The van der Waals surface area contributed by atoms with Gasteiger partial charge < -0.3 is 10.2 Å². The molecule has 1 aromatic rings. The third kappa shape index (κ3) is 2.73. The summed E-state index contributed by atoms with van der Waals surface area (Å²) in [6.45, 7) is 0.579. The van der Waals surface area contributed by atoms with Gasteiger partial charge in [-0.1, -0.05) is 0 Å². The Morgan fingerprint density at radius 1 is 1.58 bits per heavy atom. The highest BCUT2D eigenvalue weighted by atomic mass is 19.1. The van der Waals surface area contributed by atoms with E-state index in [9.17, 15) is 9.18 Å². The number of nitrogens with zero attached hydrogens (tertiary/aromatic N) is 3. The Morgan fingerprint density at radius 3 is 3.05 bits per heavy atom. The summed E-state index contributed by atoms with van der Waals surface area (Å²) >= 11 is 0. The maximum absolute atomic E-state index is 13.9. The van der Waals surface area contributed by atoms with E-state index in [1.807, 2.05) is 0 Å². The molecule has 1 amide bonds. The molecule has 1 aromatic heterocycles. The molecule has 19 heavy (non-hydrogen) atoms. The summed E-state index contributed by atoms with van der Waals surface area (Å²) in [7, 11) is 1.57. The predicted octanol–water partition coefficient (Wildman–Crippen LogP) is 0.00620. The second-order valence-corrected chi connectivity index (χ2v) is 4.33. The van der Waals surface area contributed by atoms with Gasteiger partial charge in [0.25, 0.3) is 0 Å². The fourth-order valence-electron chi connectivity index (χ4n) is 2.25. The van der Waals surface area contributed by atoms with Crippen molar-refractivity contribution < 1.29 is 9.18 Å². The molecule has 1 aliphatic heterocycles. The lowest BCUT2D eigenvalue weighted by Crippen LogP contribution is -2.49. The molecule has 1 fully saturated rings. The Morgan fingerprint density at radius 2 is 2.37 bits per heavy atom. The first-order valence-electron chi connectivity index (χ1n) is 6.14. The van der Waals surface area contributed by atoms with E-state index in [0.717, 1.165) is 19.0 Å². The molecule has 1 saturated heterocycles. The molecule has 4 N–H and O–H groups in total. The molecule has 0 bridgehead atoms. The minimum Gasteiger partial charge on any atom is -0.357 e. The lowest BCUT2D eigenvalue weighted by atomic mass is 10.0. The minimum absolute atomic E-state index is 0.108. The Kier molecular flexibility index (Phi) is 4.10. The molecule has 1 atom stereocenters. The topological polar surface area (TPSA) is 96.2 Å². The Labute approximate surface area is 110 Å². The van der Waals surface area contributed by atoms with Crippen LogP contribution in [0.4, 0.5) is 16.2 Å². The summed E-state index contributed by atoms with van der Waals surface area (Å²) in [5, 5.41) is 2.60. The zero-order valence-electron chi connectivity index (χ0n) is 10.7. The number of hydrogen-bond donors (Lipinski definition) is 3. The van der Waals surface area contributed by atoms with E-state index in [0.29, 0.717) is 13.0 Å². The van der Waals surface area contributed by atoms with Crippen LogP contribution in [0.3, 0.4) is 0 Å². The van der Waals surface area contributed by atoms with Crippen molar-refractivity contribution in [3.05, 3.63) is 12.0 Å². The highest BCUT2D eigenvalue weighted by Gasteiger charge is 2.31. The number of hydrogen-bond acceptors (Lipinski definition) is 6. The van der Waals surface area contributed by atoms with Gasteiger partial charge in [-0.3, -0.25) is 10.2 Å². The van der Waals surface area contributed by atoms with Crippen molar-refractivity contribution in [2.75, 3.05) is 23.9 Å². The van der Waals surface area contributed by atoms with Crippen molar-refractivity contribution in [3.8, 4) is 0 Å². The van der Waals surface area contributed by atoms with Gasteiger partial charge in [-0.05, 0) is 19.3 Å². The molecule has 0 aliphatic carbocycles. The maximum Gasteiger partial charge on any atom is 0.242 e. The number of amides is 1. The van der Waals surface area contributed by atoms with Crippen LogP contribution in [0.5, 0.6) is 0 Å². The summed E-state index contributed by atoms with van der Waals surface area (Å²) in [6, 6.07) is -0.409. The van der Waals surface area contributed by atoms with Gasteiger partial charge >= 0.3 is 0 Å². The number of aromatic nitrogens is 2. The number of hydrazine groups is 1. The first-order chi connectivity index (χ1) is 9.17. The molecule has 1 unspecified atom stereocenters. The number of carbonyl (C=O) groups excluding carboxylic acids is 1. The molecule has 2 heterocycles. The van der Waals surface area contributed by atoms with E-state index in [1.54, 1.807) is 11.9 Å². The third-order valence-corrected chi connectivity index (χ3v) is 3.18. The second kappa shape index (κ2) is 5.79. The molecule has 0 spiro atoms. The quantitative estimate of drug-likeness (QED) is 0.528. The SMILES string of the molecule is CNC(=O)C1CCCCN1c1nc(NN)ncc1F. The van der Waals surface area contributed by atoms with Crippen LogP contribution in [0.1, 0.15) is 19.3 Å². The Hall–Kier alpha value is -1.96. The molecule has 7 nitrogen and oxygen atoms in total. The normalized spacial score (nSPS) is 19.1. The van der Waals surface area contributed by atoms with Gasteiger partial charge in [0.1, 0.15) is 6.04 Å². The average molecular weight is 268 g/mol. The van der Waals surface area contributed by atoms with Crippen LogP contribution in [-0.4, -0.2) is 35.5 Å². The summed E-state index contributed by atoms with van der Waals surface area (Å²) in [4.78, 5) is 21.2. The molecule has 1 aliphatic rings. The number of anilines is 2. The van der Waals surface area contributed by atoms with Crippen molar-refractivity contribution in [2.24, 2.45) is 5.84 Å². The van der Waals surface area contributed by atoms with Crippen LogP contribution in [0.15, 0.2) is 6.20 Å². The summed E-state index contributed by atoms with van der Waals surface area (Å²) in [5.74, 6) is 4.75.